The molecule has 4 aromatic heterocycles. The Balaban J connectivity index is 1.09. The largest absolute Gasteiger partial charge is 0.236 e. The molecular formula is C46H26N4S3. The maximum absolute atomic E-state index is 5.24. The van der Waals surface area contributed by atoms with Gasteiger partial charge in [-0.05, 0) is 47.5 Å². The summed E-state index contributed by atoms with van der Waals surface area (Å²) in [5.74, 6) is 1.98. The molecule has 0 aliphatic carbocycles. The van der Waals surface area contributed by atoms with Gasteiger partial charge >= 0.3 is 0 Å². The number of fused-ring (bicyclic) bond motifs is 7. The highest BCUT2D eigenvalue weighted by Gasteiger charge is 2.20. The molecule has 0 saturated heterocycles. The van der Waals surface area contributed by atoms with Gasteiger partial charge in [-0.1, -0.05) is 121 Å². The minimum absolute atomic E-state index is 0.657. The predicted molar refractivity (Wildman–Crippen MR) is 226 cm³/mol. The van der Waals surface area contributed by atoms with Crippen LogP contribution in [0.1, 0.15) is 0 Å². The van der Waals surface area contributed by atoms with Gasteiger partial charge < -0.3 is 0 Å². The highest BCUT2D eigenvalue weighted by atomic mass is 32.1. The van der Waals surface area contributed by atoms with Crippen LogP contribution >= 0.6 is 34.0 Å². The number of para-hydroxylation sites is 1. The van der Waals surface area contributed by atoms with Crippen molar-refractivity contribution in [3.63, 3.8) is 0 Å². The Morgan fingerprint density at radius 2 is 0.906 bits per heavy atom. The Hall–Kier alpha value is -6.12. The third-order valence-corrected chi connectivity index (χ3v) is 13.1. The Labute approximate surface area is 316 Å². The number of hydrogen-bond acceptors (Lipinski definition) is 7. The van der Waals surface area contributed by atoms with Crippen LogP contribution in [-0.2, 0) is 0 Å². The molecule has 0 aliphatic heterocycles. The maximum atomic E-state index is 5.24. The second kappa shape index (κ2) is 12.2. The lowest BCUT2D eigenvalue weighted by molar-refractivity contribution is 1.08. The topological polar surface area (TPSA) is 51.6 Å². The molecule has 0 amide bonds. The van der Waals surface area contributed by atoms with Crippen molar-refractivity contribution in [1.82, 2.24) is 19.9 Å². The van der Waals surface area contributed by atoms with Gasteiger partial charge in [0.05, 0.1) is 10.2 Å². The first kappa shape index (κ1) is 30.5. The molecular weight excluding hydrogens is 705 g/mol. The van der Waals surface area contributed by atoms with E-state index in [0.717, 1.165) is 43.7 Å². The van der Waals surface area contributed by atoms with Crippen molar-refractivity contribution in [2.45, 2.75) is 0 Å². The number of aromatic nitrogens is 4. The zero-order chi connectivity index (χ0) is 34.9. The van der Waals surface area contributed by atoms with Crippen LogP contribution in [0.4, 0.5) is 0 Å². The first-order valence-corrected chi connectivity index (χ1v) is 19.8. The summed E-state index contributed by atoms with van der Waals surface area (Å²) in [7, 11) is 0. The van der Waals surface area contributed by atoms with Gasteiger partial charge in [0.25, 0.3) is 0 Å². The molecule has 0 atom stereocenters. The van der Waals surface area contributed by atoms with Crippen LogP contribution in [0.3, 0.4) is 0 Å². The fourth-order valence-electron chi connectivity index (χ4n) is 7.29. The molecule has 7 heteroatoms. The number of thiazole rings is 1. The van der Waals surface area contributed by atoms with Crippen LogP contribution in [0.5, 0.6) is 0 Å². The summed E-state index contributed by atoms with van der Waals surface area (Å²) in [6.45, 7) is 0. The van der Waals surface area contributed by atoms with Crippen LogP contribution in [0.2, 0.25) is 0 Å². The van der Waals surface area contributed by atoms with Crippen molar-refractivity contribution in [3.05, 3.63) is 158 Å². The lowest BCUT2D eigenvalue weighted by atomic mass is 9.96. The Morgan fingerprint density at radius 1 is 0.321 bits per heavy atom. The van der Waals surface area contributed by atoms with Crippen molar-refractivity contribution in [3.8, 4) is 55.9 Å². The summed E-state index contributed by atoms with van der Waals surface area (Å²) in [6.07, 6.45) is 0. The highest BCUT2D eigenvalue weighted by Crippen LogP contribution is 2.45. The summed E-state index contributed by atoms with van der Waals surface area (Å²) in [4.78, 5) is 20.4. The van der Waals surface area contributed by atoms with E-state index in [0.29, 0.717) is 17.5 Å². The second-order valence-corrected chi connectivity index (χ2v) is 16.2. The predicted octanol–water partition coefficient (Wildman–Crippen LogP) is 13.6. The first-order chi connectivity index (χ1) is 26.2. The smallest absolute Gasteiger partial charge is 0.164 e. The minimum atomic E-state index is 0.657. The van der Waals surface area contributed by atoms with E-state index in [1.807, 2.05) is 35.6 Å². The van der Waals surface area contributed by atoms with Gasteiger partial charge in [0, 0.05) is 62.6 Å². The van der Waals surface area contributed by atoms with Gasteiger partial charge in [-0.15, -0.1) is 34.0 Å². The highest BCUT2D eigenvalue weighted by molar-refractivity contribution is 7.26. The molecule has 0 N–H and O–H groups in total. The van der Waals surface area contributed by atoms with E-state index in [1.54, 1.807) is 22.7 Å². The summed E-state index contributed by atoms with van der Waals surface area (Å²) >= 11 is 5.34. The Morgan fingerprint density at radius 3 is 1.72 bits per heavy atom. The number of thiophene rings is 2. The van der Waals surface area contributed by atoms with Crippen molar-refractivity contribution in [2.75, 3.05) is 0 Å². The third kappa shape index (κ3) is 5.16. The zero-order valence-electron chi connectivity index (χ0n) is 28.0. The lowest BCUT2D eigenvalue weighted by Crippen LogP contribution is -2.00. The molecule has 0 spiro atoms. The number of nitrogens with zero attached hydrogens (tertiary/aromatic N) is 4. The monoisotopic (exact) mass is 730 g/mol. The van der Waals surface area contributed by atoms with Crippen LogP contribution in [0.25, 0.3) is 106 Å². The molecule has 0 saturated carbocycles. The van der Waals surface area contributed by atoms with Gasteiger partial charge in [-0.25, -0.2) is 19.9 Å². The van der Waals surface area contributed by atoms with Gasteiger partial charge in [0.2, 0.25) is 0 Å². The fourth-order valence-corrected chi connectivity index (χ4v) is 10.6. The second-order valence-electron chi connectivity index (χ2n) is 13.0. The van der Waals surface area contributed by atoms with E-state index in [1.165, 1.54) is 45.2 Å². The van der Waals surface area contributed by atoms with E-state index in [-0.39, 0.29) is 0 Å². The maximum Gasteiger partial charge on any atom is 0.164 e. The van der Waals surface area contributed by atoms with Gasteiger partial charge in [0.1, 0.15) is 5.01 Å². The molecule has 0 fully saturated rings. The summed E-state index contributed by atoms with van der Waals surface area (Å²) in [6, 6.07) is 55.6. The number of hydrogen-bond donors (Lipinski definition) is 0. The SMILES string of the molecule is c1ccc(-c2nc(-c3ccc4c(c3)sc3ccccc34)nc(-c3cccc4sc5cccc(-c6ccc(-c7nc8ccccc8s7)cc6)c5c34)n2)cc1. The minimum Gasteiger partial charge on any atom is -0.236 e. The van der Waals surface area contributed by atoms with Crippen LogP contribution < -0.4 is 0 Å². The molecule has 11 aromatic rings. The van der Waals surface area contributed by atoms with Gasteiger partial charge in [-0.3, -0.25) is 0 Å². The van der Waals surface area contributed by atoms with Gasteiger partial charge in [0.15, 0.2) is 17.5 Å². The lowest BCUT2D eigenvalue weighted by Gasteiger charge is -2.11. The third-order valence-electron chi connectivity index (χ3n) is 9.80. The van der Waals surface area contributed by atoms with E-state index >= 15 is 0 Å². The quantitative estimate of drug-likeness (QED) is 0.177. The average molecular weight is 731 g/mol. The van der Waals surface area contributed by atoms with Crippen LogP contribution in [0.15, 0.2) is 158 Å². The normalized spacial score (nSPS) is 11.8. The molecule has 248 valence electrons. The molecule has 0 bridgehead atoms. The number of benzene rings is 7. The number of rotatable bonds is 5. The summed E-state index contributed by atoms with van der Waals surface area (Å²) in [5, 5.41) is 5.94. The van der Waals surface area contributed by atoms with Crippen molar-refractivity contribution < 1.29 is 0 Å². The van der Waals surface area contributed by atoms with Crippen molar-refractivity contribution in [2.24, 2.45) is 0 Å². The van der Waals surface area contributed by atoms with E-state index in [4.69, 9.17) is 19.9 Å². The van der Waals surface area contributed by atoms with Crippen LogP contribution in [-0.4, -0.2) is 19.9 Å². The van der Waals surface area contributed by atoms with Crippen molar-refractivity contribution in [1.29, 1.82) is 0 Å². The average Bonchev–Trinajstić information content (AvgIpc) is 3.94. The van der Waals surface area contributed by atoms with E-state index in [9.17, 15) is 0 Å². The molecule has 0 aliphatic rings. The molecule has 4 nitrogen and oxygen atoms in total. The first-order valence-electron chi connectivity index (χ1n) is 17.4. The summed E-state index contributed by atoms with van der Waals surface area (Å²) in [5.41, 5.74) is 7.43. The Bertz CT molecular complexity index is 3140. The molecule has 0 radical (unpaired) electrons. The standard InChI is InChI=1S/C46H26N4S3/c1-2-10-28(11-3-1)43-48-44(30-24-25-33-32-12-4-6-16-36(32)51-40(33)26-30)50-45(49-43)34-14-9-19-39-42(34)41-31(13-8-18-38(41)52-39)27-20-22-29(23-21-27)46-47-35-15-5-7-17-37(35)53-46/h1-26H. The molecule has 53 heavy (non-hydrogen) atoms. The molecule has 11 rings (SSSR count). The van der Waals surface area contributed by atoms with E-state index < -0.39 is 0 Å². The van der Waals surface area contributed by atoms with Gasteiger partial charge in [-0.2, -0.15) is 0 Å². The molecule has 4 heterocycles. The Kier molecular flexibility index (Phi) is 7.05. The van der Waals surface area contributed by atoms with E-state index in [2.05, 4.69) is 133 Å². The fraction of sp³-hybridized carbons (Fsp3) is 0. The molecule has 0 unspecified atom stereocenters. The van der Waals surface area contributed by atoms with Crippen LogP contribution in [0, 0.1) is 0 Å². The summed E-state index contributed by atoms with van der Waals surface area (Å²) < 4.78 is 6.13. The zero-order valence-corrected chi connectivity index (χ0v) is 30.5. The molecule has 7 aromatic carbocycles. The van der Waals surface area contributed by atoms with Crippen molar-refractivity contribution >= 4 is 84.6 Å².